The molecule has 0 fully saturated rings. The second kappa shape index (κ2) is 14.7. The molecule has 0 saturated heterocycles. The lowest BCUT2D eigenvalue weighted by Gasteiger charge is -2.17. The van der Waals surface area contributed by atoms with Crippen LogP contribution in [0.3, 0.4) is 0 Å². The van der Waals surface area contributed by atoms with Crippen molar-refractivity contribution in [1.29, 1.82) is 0 Å². The van der Waals surface area contributed by atoms with Gasteiger partial charge in [0.15, 0.2) is 17.5 Å². The molecule has 0 aliphatic carbocycles. The first kappa shape index (κ1) is 37.3. The predicted octanol–water partition coefficient (Wildman–Crippen LogP) is 15.8. The van der Waals surface area contributed by atoms with Gasteiger partial charge in [0.2, 0.25) is 0 Å². The van der Waals surface area contributed by atoms with Crippen LogP contribution in [-0.4, -0.2) is 24.1 Å². The van der Waals surface area contributed by atoms with Crippen molar-refractivity contribution in [3.63, 3.8) is 0 Å². The van der Waals surface area contributed by atoms with Crippen molar-refractivity contribution in [2.75, 3.05) is 0 Å². The summed E-state index contributed by atoms with van der Waals surface area (Å²) >= 11 is 0. The quantitative estimate of drug-likeness (QED) is 0.167. The number of nitrogens with zero attached hydrogens (tertiary/aromatic N) is 5. The number of furan rings is 1. The van der Waals surface area contributed by atoms with Gasteiger partial charge in [0.1, 0.15) is 11.2 Å². The Morgan fingerprint density at radius 1 is 0.313 bits per heavy atom. The average molecular weight is 856 g/mol. The molecule has 4 heterocycles. The highest BCUT2D eigenvalue weighted by atomic mass is 16.3. The summed E-state index contributed by atoms with van der Waals surface area (Å²) < 4.78 is 11.3. The summed E-state index contributed by atoms with van der Waals surface area (Å²) in [6.07, 6.45) is 0. The fraction of sp³-hybridized carbons (Fsp3) is 0. The Balaban J connectivity index is 1.04. The zero-order chi connectivity index (χ0) is 44.0. The second-order valence-corrected chi connectivity index (χ2v) is 17.2. The summed E-state index contributed by atoms with van der Waals surface area (Å²) in [7, 11) is 0. The normalized spacial score (nSPS) is 11.9. The van der Waals surface area contributed by atoms with Crippen molar-refractivity contribution >= 4 is 76.3 Å². The van der Waals surface area contributed by atoms with Gasteiger partial charge >= 0.3 is 0 Å². The number of benzene rings is 10. The van der Waals surface area contributed by atoms with Gasteiger partial charge in [0.05, 0.1) is 27.8 Å². The summed E-state index contributed by atoms with van der Waals surface area (Å²) in [6.45, 7) is 0. The topological polar surface area (TPSA) is 61.7 Å². The molecule has 67 heavy (non-hydrogen) atoms. The van der Waals surface area contributed by atoms with Crippen LogP contribution >= 0.6 is 0 Å². The molecule has 0 amide bonds. The number of fused-ring (bicyclic) bond motifs is 10. The molecule has 14 rings (SSSR count). The van der Waals surface area contributed by atoms with E-state index < -0.39 is 0 Å². The Bertz CT molecular complexity index is 4280. The molecule has 14 aromatic rings. The Labute approximate surface area is 384 Å². The van der Waals surface area contributed by atoms with Gasteiger partial charge < -0.3 is 13.6 Å². The Hall–Kier alpha value is -9.13. The third-order valence-corrected chi connectivity index (χ3v) is 13.3. The highest BCUT2D eigenvalue weighted by molar-refractivity contribution is 6.16. The van der Waals surface area contributed by atoms with E-state index in [0.717, 1.165) is 83.2 Å². The summed E-state index contributed by atoms with van der Waals surface area (Å²) in [5, 5.41) is 9.29. The van der Waals surface area contributed by atoms with E-state index in [1.54, 1.807) is 0 Å². The Morgan fingerprint density at radius 3 is 1.64 bits per heavy atom. The molecule has 0 unspecified atom stereocenters. The van der Waals surface area contributed by atoms with Crippen LogP contribution in [0, 0.1) is 0 Å². The van der Waals surface area contributed by atoms with E-state index in [4.69, 9.17) is 19.4 Å². The minimum Gasteiger partial charge on any atom is -0.456 e. The van der Waals surface area contributed by atoms with E-state index in [1.165, 1.54) is 32.3 Å². The average Bonchev–Trinajstić information content (AvgIpc) is 4.05. The lowest BCUT2D eigenvalue weighted by molar-refractivity contribution is 0.669. The molecule has 10 aromatic carbocycles. The summed E-state index contributed by atoms with van der Waals surface area (Å²) in [6, 6.07) is 79.2. The third kappa shape index (κ3) is 5.86. The highest BCUT2D eigenvalue weighted by Crippen LogP contribution is 2.44. The van der Waals surface area contributed by atoms with E-state index in [0.29, 0.717) is 17.5 Å². The summed E-state index contributed by atoms with van der Waals surface area (Å²) in [5.74, 6) is 1.78. The van der Waals surface area contributed by atoms with E-state index in [1.807, 2.05) is 30.3 Å². The van der Waals surface area contributed by atoms with Crippen molar-refractivity contribution in [1.82, 2.24) is 24.1 Å². The molecule has 0 radical (unpaired) electrons. The Morgan fingerprint density at radius 2 is 0.866 bits per heavy atom. The molecular formula is C61H37N5O. The number of hydrogen-bond donors (Lipinski definition) is 0. The third-order valence-electron chi connectivity index (χ3n) is 13.3. The molecule has 4 aromatic heterocycles. The van der Waals surface area contributed by atoms with Gasteiger partial charge in [0.25, 0.3) is 0 Å². The van der Waals surface area contributed by atoms with Crippen molar-refractivity contribution in [2.45, 2.75) is 0 Å². The van der Waals surface area contributed by atoms with Crippen LogP contribution < -0.4 is 0 Å². The largest absolute Gasteiger partial charge is 0.456 e. The van der Waals surface area contributed by atoms with Crippen molar-refractivity contribution in [3.8, 4) is 56.7 Å². The maximum Gasteiger partial charge on any atom is 0.164 e. The van der Waals surface area contributed by atoms with E-state index in [9.17, 15) is 0 Å². The SMILES string of the molecule is c1ccc(-c2nc(-c3ccc(-n4c5ccccc5c5cc6ccccc6cc54)c(-c4cccc5oc6ccccc6c45)c3)nc(-c3ccc4c5ccccc5n(-c5ccccc5)c4c3)n2)cc1. The number of aromatic nitrogens is 5. The van der Waals surface area contributed by atoms with Crippen LogP contribution in [0.25, 0.3) is 133 Å². The zero-order valence-electron chi connectivity index (χ0n) is 36.0. The smallest absolute Gasteiger partial charge is 0.164 e. The predicted molar refractivity (Wildman–Crippen MR) is 275 cm³/mol. The second-order valence-electron chi connectivity index (χ2n) is 17.2. The van der Waals surface area contributed by atoms with Gasteiger partial charge in [-0.2, -0.15) is 0 Å². The van der Waals surface area contributed by atoms with E-state index >= 15 is 0 Å². The van der Waals surface area contributed by atoms with Crippen LogP contribution in [-0.2, 0) is 0 Å². The van der Waals surface area contributed by atoms with Crippen LogP contribution in [0.1, 0.15) is 0 Å². The van der Waals surface area contributed by atoms with Gasteiger partial charge in [-0.25, -0.2) is 15.0 Å². The molecule has 0 saturated carbocycles. The molecule has 0 atom stereocenters. The molecule has 6 heteroatoms. The van der Waals surface area contributed by atoms with Crippen molar-refractivity contribution in [2.24, 2.45) is 0 Å². The number of rotatable bonds is 6. The zero-order valence-corrected chi connectivity index (χ0v) is 36.0. The molecule has 312 valence electrons. The van der Waals surface area contributed by atoms with E-state index in [-0.39, 0.29) is 0 Å². The monoisotopic (exact) mass is 855 g/mol. The van der Waals surface area contributed by atoms with Gasteiger partial charge in [-0.3, -0.25) is 0 Å². The first-order valence-electron chi connectivity index (χ1n) is 22.6. The number of hydrogen-bond acceptors (Lipinski definition) is 4. The van der Waals surface area contributed by atoms with Crippen LogP contribution in [0.2, 0.25) is 0 Å². The lowest BCUT2D eigenvalue weighted by atomic mass is 9.95. The Kier molecular flexibility index (Phi) is 8.18. The van der Waals surface area contributed by atoms with Crippen molar-refractivity contribution < 1.29 is 4.42 Å². The van der Waals surface area contributed by atoms with Crippen molar-refractivity contribution in [3.05, 3.63) is 224 Å². The summed E-state index contributed by atoms with van der Waals surface area (Å²) in [5.41, 5.74) is 13.1. The first-order valence-corrected chi connectivity index (χ1v) is 22.6. The maximum atomic E-state index is 6.52. The number of para-hydroxylation sites is 4. The molecule has 6 nitrogen and oxygen atoms in total. The maximum absolute atomic E-state index is 6.52. The molecule has 0 spiro atoms. The highest BCUT2D eigenvalue weighted by Gasteiger charge is 2.22. The molecule has 0 bridgehead atoms. The van der Waals surface area contributed by atoms with Crippen LogP contribution in [0.15, 0.2) is 229 Å². The first-order chi connectivity index (χ1) is 33.2. The van der Waals surface area contributed by atoms with Gasteiger partial charge in [0, 0.05) is 60.3 Å². The van der Waals surface area contributed by atoms with Crippen LogP contribution in [0.4, 0.5) is 0 Å². The minimum absolute atomic E-state index is 0.581. The van der Waals surface area contributed by atoms with Crippen LogP contribution in [0.5, 0.6) is 0 Å². The minimum atomic E-state index is 0.581. The molecular weight excluding hydrogens is 819 g/mol. The van der Waals surface area contributed by atoms with Gasteiger partial charge in [-0.1, -0.05) is 152 Å². The van der Waals surface area contributed by atoms with Gasteiger partial charge in [-0.05, 0) is 89.1 Å². The standard InChI is InChI=1S/C61H37N5O/c1-3-16-38(17-4-1)59-62-60(64-61(63-59)42-30-32-46-44-22-9-12-26-51(44)65(54(46)37-42)43-20-5-2-6-21-43)41-31-33-53(50(35-41)47-25-15-29-57-58(47)48-24-11-14-28-56(48)67-57)66-52-27-13-10-23-45(52)49-34-39-18-7-8-19-40(39)36-55(49)66/h1-37H. The molecule has 0 N–H and O–H groups in total. The molecule has 0 aliphatic heterocycles. The summed E-state index contributed by atoms with van der Waals surface area (Å²) in [4.78, 5) is 15.9. The fourth-order valence-electron chi connectivity index (χ4n) is 10.3. The molecule has 0 aliphatic rings. The van der Waals surface area contributed by atoms with E-state index in [2.05, 4.69) is 203 Å². The van der Waals surface area contributed by atoms with Gasteiger partial charge in [-0.15, -0.1) is 0 Å². The fourth-order valence-corrected chi connectivity index (χ4v) is 10.3. The lowest BCUT2D eigenvalue weighted by Crippen LogP contribution is -2.02.